The molecule has 0 aromatic heterocycles. The monoisotopic (exact) mass is 297 g/mol. The third-order valence-corrected chi connectivity index (χ3v) is 5.52. The molecule has 5 nitrogen and oxygen atoms in total. The molecular formula is C14H23N3O2S. The maximum Gasteiger partial charge on any atom is 0.181 e. The molecule has 2 rings (SSSR count). The Hall–Kier alpha value is -1.11. The summed E-state index contributed by atoms with van der Waals surface area (Å²) in [6.07, 6.45) is 0. The molecule has 6 heteroatoms. The highest BCUT2D eigenvalue weighted by Crippen LogP contribution is 2.21. The van der Waals surface area contributed by atoms with Gasteiger partial charge in [0.2, 0.25) is 0 Å². The molecule has 0 radical (unpaired) electrons. The molecule has 0 unspecified atom stereocenters. The fraction of sp³-hybridized carbons (Fsp3) is 0.571. The number of sulfone groups is 1. The average Bonchev–Trinajstić information content (AvgIpc) is 2.41. The molecule has 1 aromatic carbocycles. The zero-order valence-electron chi connectivity index (χ0n) is 12.2. The summed E-state index contributed by atoms with van der Waals surface area (Å²) in [6.45, 7) is 6.28. The lowest BCUT2D eigenvalue weighted by Gasteiger charge is -2.32. The van der Waals surface area contributed by atoms with E-state index in [9.17, 15) is 8.42 Å². The molecular weight excluding hydrogens is 274 g/mol. The molecule has 0 aliphatic carbocycles. The second kappa shape index (κ2) is 6.11. The van der Waals surface area contributed by atoms with Gasteiger partial charge in [-0.15, -0.1) is 0 Å². The molecule has 0 saturated carbocycles. The molecule has 1 aromatic rings. The van der Waals surface area contributed by atoms with E-state index in [-0.39, 0.29) is 10.6 Å². The Morgan fingerprint density at radius 3 is 2.50 bits per heavy atom. The van der Waals surface area contributed by atoms with Crippen LogP contribution in [0.4, 0.5) is 5.69 Å². The number of nitrogens with zero attached hydrogens (tertiary/aromatic N) is 2. The Labute approximate surface area is 121 Å². The highest BCUT2D eigenvalue weighted by atomic mass is 32.2. The van der Waals surface area contributed by atoms with Crippen molar-refractivity contribution in [2.75, 3.05) is 51.3 Å². The summed E-state index contributed by atoms with van der Waals surface area (Å²) in [7, 11) is -1.22. The van der Waals surface area contributed by atoms with Gasteiger partial charge in [0.05, 0.1) is 16.3 Å². The molecule has 1 heterocycles. The van der Waals surface area contributed by atoms with E-state index in [0.717, 1.165) is 31.7 Å². The Morgan fingerprint density at radius 1 is 1.20 bits per heavy atom. The second-order valence-electron chi connectivity index (χ2n) is 5.51. The maximum atomic E-state index is 12.4. The molecule has 2 N–H and O–H groups in total. The van der Waals surface area contributed by atoms with Crippen molar-refractivity contribution in [3.8, 4) is 0 Å². The van der Waals surface area contributed by atoms with Crippen LogP contribution in [-0.2, 0) is 9.84 Å². The normalized spacial score (nSPS) is 18.3. The van der Waals surface area contributed by atoms with Crippen molar-refractivity contribution in [1.82, 2.24) is 9.80 Å². The number of nitrogen functional groups attached to an aromatic ring is 1. The SMILES string of the molecule is Cc1ccc(N)c(S(=O)(=O)CCN2CCN(C)CC2)c1. The third kappa shape index (κ3) is 3.71. The lowest BCUT2D eigenvalue weighted by Crippen LogP contribution is -2.45. The Kier molecular flexibility index (Phi) is 4.67. The van der Waals surface area contributed by atoms with Crippen molar-refractivity contribution < 1.29 is 8.42 Å². The van der Waals surface area contributed by atoms with Gasteiger partial charge in [0.25, 0.3) is 0 Å². The Bertz CT molecular complexity index is 564. The summed E-state index contributed by atoms with van der Waals surface area (Å²) in [4.78, 5) is 4.72. The first-order valence-electron chi connectivity index (χ1n) is 6.88. The van der Waals surface area contributed by atoms with E-state index >= 15 is 0 Å². The van der Waals surface area contributed by atoms with Crippen molar-refractivity contribution in [3.05, 3.63) is 23.8 Å². The van der Waals surface area contributed by atoms with Crippen LogP contribution in [0.3, 0.4) is 0 Å². The van der Waals surface area contributed by atoms with Crippen molar-refractivity contribution in [3.63, 3.8) is 0 Å². The van der Waals surface area contributed by atoms with Gasteiger partial charge in [0, 0.05) is 32.7 Å². The lowest BCUT2D eigenvalue weighted by atomic mass is 10.2. The molecule has 0 amide bonds. The summed E-state index contributed by atoms with van der Waals surface area (Å²) in [5, 5.41) is 0. The van der Waals surface area contributed by atoms with Crippen molar-refractivity contribution in [2.24, 2.45) is 0 Å². The van der Waals surface area contributed by atoms with Gasteiger partial charge in [0.15, 0.2) is 9.84 Å². The molecule has 0 spiro atoms. The summed E-state index contributed by atoms with van der Waals surface area (Å²) in [5.74, 6) is 0.129. The topological polar surface area (TPSA) is 66.6 Å². The van der Waals surface area contributed by atoms with E-state index in [1.165, 1.54) is 0 Å². The van der Waals surface area contributed by atoms with Gasteiger partial charge >= 0.3 is 0 Å². The fourth-order valence-electron chi connectivity index (χ4n) is 2.34. The van der Waals surface area contributed by atoms with Gasteiger partial charge in [-0.1, -0.05) is 6.07 Å². The predicted molar refractivity (Wildman–Crippen MR) is 81.6 cm³/mol. The van der Waals surface area contributed by atoms with E-state index in [2.05, 4.69) is 16.8 Å². The smallest absolute Gasteiger partial charge is 0.181 e. The molecule has 112 valence electrons. The number of piperazine rings is 1. The van der Waals surface area contributed by atoms with Crippen molar-refractivity contribution in [1.29, 1.82) is 0 Å². The minimum Gasteiger partial charge on any atom is -0.398 e. The summed E-state index contributed by atoms with van der Waals surface area (Å²) in [5.41, 5.74) is 7.06. The van der Waals surface area contributed by atoms with E-state index in [1.54, 1.807) is 12.1 Å². The largest absolute Gasteiger partial charge is 0.398 e. The summed E-state index contributed by atoms with van der Waals surface area (Å²) < 4.78 is 24.8. The lowest BCUT2D eigenvalue weighted by molar-refractivity contribution is 0.161. The van der Waals surface area contributed by atoms with Crippen molar-refractivity contribution >= 4 is 15.5 Å². The number of hydrogen-bond donors (Lipinski definition) is 1. The molecule has 20 heavy (non-hydrogen) atoms. The first kappa shape index (κ1) is 15.3. The van der Waals surface area contributed by atoms with E-state index in [1.807, 2.05) is 13.0 Å². The Balaban J connectivity index is 2.02. The van der Waals surface area contributed by atoms with Crippen LogP contribution in [-0.4, -0.2) is 63.7 Å². The third-order valence-electron chi connectivity index (χ3n) is 3.78. The van der Waals surface area contributed by atoms with Crippen LogP contribution < -0.4 is 5.73 Å². The average molecular weight is 297 g/mol. The van der Waals surface area contributed by atoms with Gasteiger partial charge in [-0.2, -0.15) is 0 Å². The predicted octanol–water partition coefficient (Wildman–Crippen LogP) is 0.598. The van der Waals surface area contributed by atoms with Crippen LogP contribution in [0.2, 0.25) is 0 Å². The van der Waals surface area contributed by atoms with Crippen LogP contribution in [0.1, 0.15) is 5.56 Å². The molecule has 1 saturated heterocycles. The number of rotatable bonds is 4. The van der Waals surface area contributed by atoms with Crippen LogP contribution in [0.15, 0.2) is 23.1 Å². The molecule has 0 atom stereocenters. The quantitative estimate of drug-likeness (QED) is 0.824. The maximum absolute atomic E-state index is 12.4. The van der Waals surface area contributed by atoms with Crippen LogP contribution in [0.5, 0.6) is 0 Å². The first-order chi connectivity index (χ1) is 9.38. The standard InChI is InChI=1S/C14H23N3O2S/c1-12-3-4-13(15)14(11-12)20(18,19)10-9-17-7-5-16(2)6-8-17/h3-4,11H,5-10,15H2,1-2H3. The van der Waals surface area contributed by atoms with Crippen LogP contribution >= 0.6 is 0 Å². The van der Waals surface area contributed by atoms with Gasteiger partial charge < -0.3 is 10.6 Å². The van der Waals surface area contributed by atoms with Gasteiger partial charge in [-0.05, 0) is 31.7 Å². The zero-order valence-corrected chi connectivity index (χ0v) is 13.0. The number of benzene rings is 1. The highest BCUT2D eigenvalue weighted by molar-refractivity contribution is 7.91. The van der Waals surface area contributed by atoms with Gasteiger partial charge in [-0.25, -0.2) is 8.42 Å². The highest BCUT2D eigenvalue weighted by Gasteiger charge is 2.21. The van der Waals surface area contributed by atoms with Crippen LogP contribution in [0.25, 0.3) is 0 Å². The van der Waals surface area contributed by atoms with Gasteiger partial charge in [0.1, 0.15) is 0 Å². The zero-order chi connectivity index (χ0) is 14.8. The Morgan fingerprint density at radius 2 is 1.85 bits per heavy atom. The summed E-state index contributed by atoms with van der Waals surface area (Å²) >= 11 is 0. The molecule has 1 fully saturated rings. The molecule has 1 aliphatic heterocycles. The number of anilines is 1. The van der Waals surface area contributed by atoms with Crippen molar-refractivity contribution in [2.45, 2.75) is 11.8 Å². The molecule has 1 aliphatic rings. The minimum atomic E-state index is -3.31. The van der Waals surface area contributed by atoms with E-state index < -0.39 is 9.84 Å². The van der Waals surface area contributed by atoms with Crippen LogP contribution in [0, 0.1) is 6.92 Å². The first-order valence-corrected chi connectivity index (χ1v) is 8.53. The molecule has 0 bridgehead atoms. The number of aryl methyl sites for hydroxylation is 1. The van der Waals surface area contributed by atoms with E-state index in [4.69, 9.17) is 5.73 Å². The fourth-order valence-corrected chi connectivity index (χ4v) is 3.85. The van der Waals surface area contributed by atoms with Gasteiger partial charge in [-0.3, -0.25) is 4.90 Å². The minimum absolute atomic E-state index is 0.129. The number of hydrogen-bond acceptors (Lipinski definition) is 5. The van der Waals surface area contributed by atoms with E-state index in [0.29, 0.717) is 12.2 Å². The second-order valence-corrected chi connectivity index (χ2v) is 7.58. The number of likely N-dealkylation sites (N-methyl/N-ethyl adjacent to an activating group) is 1. The summed E-state index contributed by atoms with van der Waals surface area (Å²) in [6, 6.07) is 5.15. The number of nitrogens with two attached hydrogens (primary N) is 1.